The molecule has 0 aliphatic heterocycles. The van der Waals surface area contributed by atoms with Gasteiger partial charge in [-0.3, -0.25) is 9.52 Å². The van der Waals surface area contributed by atoms with Crippen molar-refractivity contribution in [1.82, 2.24) is 0 Å². The van der Waals surface area contributed by atoms with Crippen LogP contribution in [0.5, 0.6) is 0 Å². The molecule has 3 rings (SSSR count). The van der Waals surface area contributed by atoms with E-state index >= 15 is 0 Å². The van der Waals surface area contributed by atoms with Gasteiger partial charge in [0.05, 0.1) is 16.3 Å². The number of carbonyl (C=O) groups excluding carboxylic acids is 1. The van der Waals surface area contributed by atoms with Gasteiger partial charge in [-0.15, -0.1) is 11.8 Å². The first-order valence-electron chi connectivity index (χ1n) is 9.56. The lowest BCUT2D eigenvalue weighted by atomic mass is 10.1. The number of amides is 1. The Hall–Kier alpha value is -2.29. The Balaban J connectivity index is 1.56. The number of hydrogen-bond acceptors (Lipinski definition) is 4. The van der Waals surface area contributed by atoms with Gasteiger partial charge in [-0.2, -0.15) is 0 Å². The number of benzene rings is 3. The zero-order chi connectivity index (χ0) is 22.4. The van der Waals surface area contributed by atoms with Crippen molar-refractivity contribution in [2.75, 3.05) is 15.8 Å². The van der Waals surface area contributed by atoms with Crippen LogP contribution in [0, 0.1) is 13.8 Å². The Bertz CT molecular complexity index is 1140. The lowest BCUT2D eigenvalue weighted by Gasteiger charge is -2.13. The van der Waals surface area contributed by atoms with Crippen LogP contribution in [-0.4, -0.2) is 20.1 Å². The minimum Gasteiger partial charge on any atom is -0.325 e. The first kappa shape index (κ1) is 23.4. The maximum absolute atomic E-state index is 12.7. The molecular formula is C23H23BrN2O3S2. The number of halogens is 1. The van der Waals surface area contributed by atoms with E-state index in [1.54, 1.807) is 12.1 Å². The molecule has 0 bridgehead atoms. The van der Waals surface area contributed by atoms with E-state index in [0.717, 1.165) is 26.9 Å². The average molecular weight is 519 g/mol. The third kappa shape index (κ3) is 6.59. The molecule has 0 unspecified atom stereocenters. The van der Waals surface area contributed by atoms with Crippen molar-refractivity contribution < 1.29 is 13.2 Å². The second-order valence-corrected chi connectivity index (χ2v) is 10.6. The maximum Gasteiger partial charge on any atom is 0.261 e. The molecule has 2 N–H and O–H groups in total. The highest BCUT2D eigenvalue weighted by Crippen LogP contribution is 2.24. The van der Waals surface area contributed by atoms with Gasteiger partial charge in [0.2, 0.25) is 5.91 Å². The quantitative estimate of drug-likeness (QED) is 0.398. The van der Waals surface area contributed by atoms with Gasteiger partial charge in [-0.25, -0.2) is 8.42 Å². The monoisotopic (exact) mass is 518 g/mol. The van der Waals surface area contributed by atoms with Crippen LogP contribution in [0.1, 0.15) is 16.7 Å². The lowest BCUT2D eigenvalue weighted by Crippen LogP contribution is -2.16. The number of rotatable bonds is 8. The molecule has 1 amide bonds. The van der Waals surface area contributed by atoms with E-state index in [-0.39, 0.29) is 10.8 Å². The molecule has 0 fully saturated rings. The molecule has 0 heterocycles. The zero-order valence-corrected chi connectivity index (χ0v) is 20.4. The Morgan fingerprint density at radius 2 is 1.55 bits per heavy atom. The zero-order valence-electron chi connectivity index (χ0n) is 17.2. The highest BCUT2D eigenvalue weighted by molar-refractivity contribution is 9.10. The van der Waals surface area contributed by atoms with Crippen molar-refractivity contribution in [3.63, 3.8) is 0 Å². The molecule has 0 aromatic heterocycles. The molecule has 0 spiro atoms. The minimum absolute atomic E-state index is 0.133. The van der Waals surface area contributed by atoms with Crippen LogP contribution in [0.4, 0.5) is 11.4 Å². The van der Waals surface area contributed by atoms with E-state index in [4.69, 9.17) is 0 Å². The molecule has 0 radical (unpaired) electrons. The van der Waals surface area contributed by atoms with Crippen molar-refractivity contribution in [2.45, 2.75) is 24.5 Å². The van der Waals surface area contributed by atoms with Gasteiger partial charge in [0, 0.05) is 15.9 Å². The number of thioether (sulfide) groups is 1. The number of hydrogen-bond donors (Lipinski definition) is 2. The Kier molecular flexibility index (Phi) is 7.80. The van der Waals surface area contributed by atoms with Gasteiger partial charge >= 0.3 is 0 Å². The van der Waals surface area contributed by atoms with Crippen molar-refractivity contribution >= 4 is 55.0 Å². The molecule has 31 heavy (non-hydrogen) atoms. The van der Waals surface area contributed by atoms with Crippen LogP contribution < -0.4 is 10.0 Å². The summed E-state index contributed by atoms with van der Waals surface area (Å²) >= 11 is 4.92. The second-order valence-electron chi connectivity index (χ2n) is 7.06. The summed E-state index contributed by atoms with van der Waals surface area (Å²) in [6.07, 6.45) is 0. The van der Waals surface area contributed by atoms with Crippen molar-refractivity contribution in [3.8, 4) is 0 Å². The fraction of sp³-hybridized carbons (Fsp3) is 0.174. The molecule has 0 aliphatic rings. The lowest BCUT2D eigenvalue weighted by molar-refractivity contribution is -0.113. The molecule has 0 saturated heterocycles. The van der Waals surface area contributed by atoms with Gasteiger partial charge < -0.3 is 5.32 Å². The highest BCUT2D eigenvalue weighted by Gasteiger charge is 2.16. The molecule has 8 heteroatoms. The summed E-state index contributed by atoms with van der Waals surface area (Å²) in [4.78, 5) is 12.3. The molecular weight excluding hydrogens is 496 g/mol. The fourth-order valence-electron chi connectivity index (χ4n) is 2.93. The van der Waals surface area contributed by atoms with Crippen LogP contribution >= 0.6 is 27.7 Å². The SMILES string of the molecule is Cc1cccc(C)c1NS(=O)(=O)c1ccc(NC(=O)CSCc2ccc(Br)cc2)cc1. The summed E-state index contributed by atoms with van der Waals surface area (Å²) in [7, 11) is -3.72. The predicted molar refractivity (Wildman–Crippen MR) is 132 cm³/mol. The number of anilines is 2. The van der Waals surface area contributed by atoms with Gasteiger partial charge in [0.1, 0.15) is 0 Å². The number of nitrogens with one attached hydrogen (secondary N) is 2. The van der Waals surface area contributed by atoms with Gasteiger partial charge in [-0.1, -0.05) is 46.3 Å². The van der Waals surface area contributed by atoms with E-state index in [1.807, 2.05) is 56.3 Å². The van der Waals surface area contributed by atoms with E-state index in [1.165, 1.54) is 23.9 Å². The van der Waals surface area contributed by atoms with Crippen LogP contribution in [-0.2, 0) is 20.6 Å². The number of aryl methyl sites for hydroxylation is 2. The summed E-state index contributed by atoms with van der Waals surface area (Å²) in [6.45, 7) is 3.72. The normalized spacial score (nSPS) is 11.2. The predicted octanol–water partition coefficient (Wildman–Crippen LogP) is 5.74. The summed E-state index contributed by atoms with van der Waals surface area (Å²) in [6, 6.07) is 19.7. The van der Waals surface area contributed by atoms with Gasteiger partial charge in [-0.05, 0) is 66.9 Å². The van der Waals surface area contributed by atoms with Crippen molar-refractivity contribution in [3.05, 3.63) is 87.9 Å². The number of para-hydroxylation sites is 1. The summed E-state index contributed by atoms with van der Waals surface area (Å²) in [5.74, 6) is 0.915. The van der Waals surface area contributed by atoms with E-state index in [9.17, 15) is 13.2 Å². The smallest absolute Gasteiger partial charge is 0.261 e. The second kappa shape index (κ2) is 10.3. The highest BCUT2D eigenvalue weighted by atomic mass is 79.9. The topological polar surface area (TPSA) is 75.3 Å². The van der Waals surface area contributed by atoms with Gasteiger partial charge in [0.25, 0.3) is 10.0 Å². The molecule has 162 valence electrons. The Morgan fingerprint density at radius 3 is 2.16 bits per heavy atom. The molecule has 5 nitrogen and oxygen atoms in total. The fourth-order valence-corrected chi connectivity index (χ4v) is 5.18. The molecule has 0 aliphatic carbocycles. The summed E-state index contributed by atoms with van der Waals surface area (Å²) in [5, 5.41) is 2.80. The molecule has 3 aromatic carbocycles. The summed E-state index contributed by atoms with van der Waals surface area (Å²) in [5.41, 5.74) is 4.00. The van der Waals surface area contributed by atoms with Crippen LogP contribution in [0.15, 0.2) is 76.1 Å². The van der Waals surface area contributed by atoms with Gasteiger partial charge in [0.15, 0.2) is 0 Å². The first-order valence-corrected chi connectivity index (χ1v) is 13.0. The average Bonchev–Trinajstić information content (AvgIpc) is 2.73. The summed E-state index contributed by atoms with van der Waals surface area (Å²) < 4.78 is 29.1. The third-order valence-electron chi connectivity index (χ3n) is 4.58. The van der Waals surface area contributed by atoms with Crippen LogP contribution in [0.2, 0.25) is 0 Å². The van der Waals surface area contributed by atoms with E-state index in [2.05, 4.69) is 26.0 Å². The van der Waals surface area contributed by atoms with Crippen LogP contribution in [0.3, 0.4) is 0 Å². The van der Waals surface area contributed by atoms with Crippen LogP contribution in [0.25, 0.3) is 0 Å². The first-order chi connectivity index (χ1) is 14.7. The number of sulfonamides is 1. The molecule has 0 atom stereocenters. The number of carbonyl (C=O) groups is 1. The van der Waals surface area contributed by atoms with Crippen molar-refractivity contribution in [1.29, 1.82) is 0 Å². The molecule has 3 aromatic rings. The van der Waals surface area contributed by atoms with E-state index < -0.39 is 10.0 Å². The van der Waals surface area contributed by atoms with Crippen molar-refractivity contribution in [2.24, 2.45) is 0 Å². The largest absolute Gasteiger partial charge is 0.325 e. The third-order valence-corrected chi connectivity index (χ3v) is 7.48. The standard InChI is InChI=1S/C23H23BrN2O3S2/c1-16-4-3-5-17(2)23(16)26-31(28,29)21-12-10-20(11-13-21)25-22(27)15-30-14-18-6-8-19(24)9-7-18/h3-13,26H,14-15H2,1-2H3,(H,25,27). The minimum atomic E-state index is -3.72. The molecule has 0 saturated carbocycles. The Labute approximate surface area is 195 Å². The maximum atomic E-state index is 12.7. The van der Waals surface area contributed by atoms with E-state index in [0.29, 0.717) is 17.1 Å². The Morgan fingerprint density at radius 1 is 0.935 bits per heavy atom.